The molecule has 0 spiro atoms. The van der Waals surface area contributed by atoms with E-state index in [-0.39, 0.29) is 11.5 Å². The maximum Gasteiger partial charge on any atom is 0.422 e. The van der Waals surface area contributed by atoms with Crippen LogP contribution in [0.1, 0.15) is 24.8 Å². The van der Waals surface area contributed by atoms with E-state index >= 15 is 0 Å². The Bertz CT molecular complexity index is 635. The molecule has 9 heteroatoms. The molecule has 2 N–H and O–H groups in total. The van der Waals surface area contributed by atoms with E-state index in [0.29, 0.717) is 12.5 Å². The molecule has 0 unspecified atom stereocenters. The highest BCUT2D eigenvalue weighted by atomic mass is 19.4. The Morgan fingerprint density at radius 1 is 1.21 bits per heavy atom. The summed E-state index contributed by atoms with van der Waals surface area (Å²) in [5.41, 5.74) is 0.826. The van der Waals surface area contributed by atoms with Gasteiger partial charge < -0.3 is 24.8 Å². The number of benzene rings is 1. The Labute approximate surface area is 163 Å². The number of ether oxygens (including phenoxy) is 3. The Morgan fingerprint density at radius 2 is 2.00 bits per heavy atom. The van der Waals surface area contributed by atoms with Crippen molar-refractivity contribution in [3.8, 4) is 11.5 Å². The quantitative estimate of drug-likeness (QED) is 0.338. The molecule has 0 amide bonds. The minimum Gasteiger partial charge on any atom is -0.493 e. The van der Waals surface area contributed by atoms with Crippen LogP contribution in [0.3, 0.4) is 0 Å². The summed E-state index contributed by atoms with van der Waals surface area (Å²) in [7, 11) is 3.06. The van der Waals surface area contributed by atoms with Crippen LogP contribution in [0.15, 0.2) is 23.2 Å². The van der Waals surface area contributed by atoms with Gasteiger partial charge in [0.25, 0.3) is 0 Å². The standard InChI is InChI=1S/C19H28F3N3O3/c1-23-18(24-8-3-9-27-12-14-4-5-14)25-11-15-6-7-16(17(10-15)26-2)28-13-19(20,21)22/h6-7,10,14H,3-5,8-9,11-13H2,1-2H3,(H2,23,24,25). The van der Waals surface area contributed by atoms with Crippen molar-refractivity contribution in [1.82, 2.24) is 10.6 Å². The third-order valence-electron chi connectivity index (χ3n) is 4.11. The van der Waals surface area contributed by atoms with Crippen LogP contribution in [-0.4, -0.2) is 52.7 Å². The molecule has 158 valence electrons. The Kier molecular flexibility index (Phi) is 8.69. The number of rotatable bonds is 11. The van der Waals surface area contributed by atoms with E-state index < -0.39 is 12.8 Å². The summed E-state index contributed by atoms with van der Waals surface area (Å²) in [4.78, 5) is 4.15. The van der Waals surface area contributed by atoms with Gasteiger partial charge in [0.2, 0.25) is 0 Å². The number of nitrogens with one attached hydrogen (secondary N) is 2. The highest BCUT2D eigenvalue weighted by Gasteiger charge is 2.29. The number of guanidine groups is 1. The summed E-state index contributed by atoms with van der Waals surface area (Å²) in [6.07, 6.45) is -0.942. The van der Waals surface area contributed by atoms with Crippen molar-refractivity contribution in [2.45, 2.75) is 32.0 Å². The number of hydrogen-bond donors (Lipinski definition) is 2. The van der Waals surface area contributed by atoms with Crippen LogP contribution in [0, 0.1) is 5.92 Å². The average Bonchev–Trinajstić information content (AvgIpc) is 3.49. The van der Waals surface area contributed by atoms with Crippen molar-refractivity contribution in [3.05, 3.63) is 23.8 Å². The first-order chi connectivity index (χ1) is 13.4. The summed E-state index contributed by atoms with van der Waals surface area (Å²) in [5.74, 6) is 1.71. The molecule has 0 aromatic heterocycles. The van der Waals surface area contributed by atoms with Gasteiger partial charge in [-0.05, 0) is 42.9 Å². The molecule has 1 aliphatic carbocycles. The predicted molar refractivity (Wildman–Crippen MR) is 101 cm³/mol. The molecule has 0 saturated heterocycles. The normalized spacial score (nSPS) is 14.7. The predicted octanol–water partition coefficient (Wildman–Crippen LogP) is 3.12. The van der Waals surface area contributed by atoms with Crippen molar-refractivity contribution in [1.29, 1.82) is 0 Å². The van der Waals surface area contributed by atoms with E-state index in [0.717, 1.165) is 37.7 Å². The first kappa shape index (κ1) is 22.1. The zero-order valence-electron chi connectivity index (χ0n) is 16.3. The molecule has 1 aliphatic rings. The van der Waals surface area contributed by atoms with Gasteiger partial charge in [0.05, 0.1) is 7.11 Å². The van der Waals surface area contributed by atoms with E-state index in [4.69, 9.17) is 14.2 Å². The number of aliphatic imine (C=N–C) groups is 1. The van der Waals surface area contributed by atoms with Crippen LogP contribution in [0.25, 0.3) is 0 Å². The molecule has 0 bridgehead atoms. The first-order valence-electron chi connectivity index (χ1n) is 9.30. The molecule has 1 aromatic rings. The molecular weight excluding hydrogens is 375 g/mol. The molecule has 6 nitrogen and oxygen atoms in total. The number of alkyl halides is 3. The van der Waals surface area contributed by atoms with E-state index in [1.54, 1.807) is 19.2 Å². The number of hydrogen-bond acceptors (Lipinski definition) is 4. The molecule has 0 atom stereocenters. The smallest absolute Gasteiger partial charge is 0.422 e. The summed E-state index contributed by atoms with van der Waals surface area (Å²) >= 11 is 0. The van der Waals surface area contributed by atoms with Crippen LogP contribution in [-0.2, 0) is 11.3 Å². The second-order valence-electron chi connectivity index (χ2n) is 6.61. The van der Waals surface area contributed by atoms with Gasteiger partial charge in [-0.2, -0.15) is 13.2 Å². The molecule has 28 heavy (non-hydrogen) atoms. The molecule has 1 aromatic carbocycles. The van der Waals surface area contributed by atoms with Gasteiger partial charge in [0.15, 0.2) is 24.1 Å². The van der Waals surface area contributed by atoms with Crippen LogP contribution in [0.2, 0.25) is 0 Å². The Hall–Kier alpha value is -2.16. The maximum absolute atomic E-state index is 12.3. The van der Waals surface area contributed by atoms with Gasteiger partial charge in [-0.15, -0.1) is 0 Å². The summed E-state index contributed by atoms with van der Waals surface area (Å²) < 4.78 is 52.4. The fraction of sp³-hybridized carbons (Fsp3) is 0.632. The van der Waals surface area contributed by atoms with E-state index in [1.165, 1.54) is 26.0 Å². The molecule has 0 heterocycles. The van der Waals surface area contributed by atoms with Crippen molar-refractivity contribution in [2.75, 3.05) is 40.5 Å². The summed E-state index contributed by atoms with van der Waals surface area (Å²) in [6.45, 7) is 1.39. The summed E-state index contributed by atoms with van der Waals surface area (Å²) in [5, 5.41) is 6.35. The minimum absolute atomic E-state index is 0.0530. The molecule has 1 saturated carbocycles. The minimum atomic E-state index is -4.40. The lowest BCUT2D eigenvalue weighted by Gasteiger charge is -2.15. The van der Waals surface area contributed by atoms with Gasteiger partial charge in [-0.1, -0.05) is 6.07 Å². The highest BCUT2D eigenvalue weighted by molar-refractivity contribution is 5.79. The van der Waals surface area contributed by atoms with E-state index in [2.05, 4.69) is 15.6 Å². The SMILES string of the molecule is CN=C(NCCCOCC1CC1)NCc1ccc(OCC(F)(F)F)c(OC)c1. The zero-order chi connectivity index (χ0) is 20.4. The Balaban J connectivity index is 1.73. The molecular formula is C19H28F3N3O3. The van der Waals surface area contributed by atoms with Gasteiger partial charge in [0, 0.05) is 33.4 Å². The lowest BCUT2D eigenvalue weighted by atomic mass is 10.2. The van der Waals surface area contributed by atoms with Crippen LogP contribution >= 0.6 is 0 Å². The average molecular weight is 403 g/mol. The largest absolute Gasteiger partial charge is 0.493 e. The number of halogens is 3. The second-order valence-corrected chi connectivity index (χ2v) is 6.61. The lowest BCUT2D eigenvalue weighted by Crippen LogP contribution is -2.37. The molecule has 2 rings (SSSR count). The molecule has 1 fully saturated rings. The molecule has 0 radical (unpaired) electrons. The fourth-order valence-electron chi connectivity index (χ4n) is 2.42. The van der Waals surface area contributed by atoms with Crippen LogP contribution in [0.5, 0.6) is 11.5 Å². The van der Waals surface area contributed by atoms with Crippen LogP contribution in [0.4, 0.5) is 13.2 Å². The van der Waals surface area contributed by atoms with Gasteiger partial charge in [0.1, 0.15) is 0 Å². The van der Waals surface area contributed by atoms with Gasteiger partial charge in [-0.3, -0.25) is 4.99 Å². The maximum atomic E-state index is 12.3. The monoisotopic (exact) mass is 403 g/mol. The third kappa shape index (κ3) is 8.69. The Morgan fingerprint density at radius 3 is 2.64 bits per heavy atom. The second kappa shape index (κ2) is 11.0. The van der Waals surface area contributed by atoms with Crippen molar-refractivity contribution in [3.63, 3.8) is 0 Å². The highest BCUT2D eigenvalue weighted by Crippen LogP contribution is 2.30. The first-order valence-corrected chi connectivity index (χ1v) is 9.30. The topological polar surface area (TPSA) is 64.1 Å². The van der Waals surface area contributed by atoms with E-state index in [1.807, 2.05) is 0 Å². The summed E-state index contributed by atoms with van der Waals surface area (Å²) in [6, 6.07) is 4.78. The lowest BCUT2D eigenvalue weighted by molar-refractivity contribution is -0.153. The zero-order valence-corrected chi connectivity index (χ0v) is 16.3. The van der Waals surface area contributed by atoms with Crippen molar-refractivity contribution >= 4 is 5.96 Å². The fourth-order valence-corrected chi connectivity index (χ4v) is 2.42. The van der Waals surface area contributed by atoms with Gasteiger partial charge >= 0.3 is 6.18 Å². The van der Waals surface area contributed by atoms with Crippen LogP contribution < -0.4 is 20.1 Å². The number of methoxy groups -OCH3 is 1. The van der Waals surface area contributed by atoms with Crippen molar-refractivity contribution < 1.29 is 27.4 Å². The third-order valence-corrected chi connectivity index (χ3v) is 4.11. The number of nitrogens with zero attached hydrogens (tertiary/aromatic N) is 1. The molecule has 0 aliphatic heterocycles. The van der Waals surface area contributed by atoms with Crippen molar-refractivity contribution in [2.24, 2.45) is 10.9 Å². The van der Waals surface area contributed by atoms with Gasteiger partial charge in [-0.25, -0.2) is 0 Å². The van der Waals surface area contributed by atoms with E-state index in [9.17, 15) is 13.2 Å².